The molecule has 3 heterocycles. The summed E-state index contributed by atoms with van der Waals surface area (Å²) in [5.74, 6) is 0.869. The summed E-state index contributed by atoms with van der Waals surface area (Å²) in [5, 5.41) is 3.28. The highest BCUT2D eigenvalue weighted by atomic mass is 16.5. The van der Waals surface area contributed by atoms with Crippen molar-refractivity contribution in [1.29, 1.82) is 0 Å². The van der Waals surface area contributed by atoms with Crippen LogP contribution in [-0.2, 0) is 21.6 Å². The first-order valence-corrected chi connectivity index (χ1v) is 11.7. The Hall–Kier alpha value is -2.94. The van der Waals surface area contributed by atoms with Gasteiger partial charge in [0.1, 0.15) is 23.8 Å². The van der Waals surface area contributed by atoms with Crippen LogP contribution < -0.4 is 10.1 Å². The molecule has 2 aromatic heterocycles. The van der Waals surface area contributed by atoms with Gasteiger partial charge in [0.15, 0.2) is 0 Å². The molecule has 2 atom stereocenters. The van der Waals surface area contributed by atoms with E-state index in [4.69, 9.17) is 13.9 Å². The van der Waals surface area contributed by atoms with E-state index in [0.29, 0.717) is 43.2 Å². The topological polar surface area (TPSA) is 107 Å². The van der Waals surface area contributed by atoms with Crippen molar-refractivity contribution in [2.24, 2.45) is 11.8 Å². The average Bonchev–Trinajstić information content (AvgIpc) is 3.33. The van der Waals surface area contributed by atoms with E-state index in [-0.39, 0.29) is 47.7 Å². The normalized spacial score (nSPS) is 18.6. The van der Waals surface area contributed by atoms with Crippen molar-refractivity contribution in [1.82, 2.24) is 20.2 Å². The van der Waals surface area contributed by atoms with Gasteiger partial charge in [-0.1, -0.05) is 34.6 Å². The molecule has 0 bridgehead atoms. The standard InChI is InChI=1S/C25H36N4O5/c1-16(2)14-29(18-10-17(11-26-12-18)23(31)32-6)22(30)20-13-27-24(25(3,4)5)28-21(20)34-15-19-8-7-9-33-19/h7-9,13,16-18,26H,10-12,14-15H2,1-6H3/t17-,18+/m1/s1. The summed E-state index contributed by atoms with van der Waals surface area (Å²) in [6.07, 6.45) is 3.65. The van der Waals surface area contributed by atoms with Gasteiger partial charge in [-0.3, -0.25) is 9.59 Å². The Bertz CT molecular complexity index is 968. The van der Waals surface area contributed by atoms with Crippen LogP contribution in [-0.4, -0.2) is 59.5 Å². The predicted octanol–water partition coefficient (Wildman–Crippen LogP) is 3.20. The molecule has 3 rings (SSSR count). The monoisotopic (exact) mass is 472 g/mol. The van der Waals surface area contributed by atoms with Crippen molar-refractivity contribution in [3.63, 3.8) is 0 Å². The maximum absolute atomic E-state index is 13.9. The molecule has 1 fully saturated rings. The van der Waals surface area contributed by atoms with E-state index in [0.717, 1.165) is 0 Å². The van der Waals surface area contributed by atoms with Gasteiger partial charge in [-0.05, 0) is 24.5 Å². The molecule has 34 heavy (non-hydrogen) atoms. The molecular weight excluding hydrogens is 436 g/mol. The molecule has 1 aliphatic heterocycles. The first kappa shape index (κ1) is 25.7. The lowest BCUT2D eigenvalue weighted by atomic mass is 9.93. The van der Waals surface area contributed by atoms with Crippen molar-refractivity contribution in [3.8, 4) is 5.88 Å². The van der Waals surface area contributed by atoms with Crippen LogP contribution >= 0.6 is 0 Å². The molecule has 1 aliphatic rings. The number of methoxy groups -OCH3 is 1. The third kappa shape index (κ3) is 6.34. The van der Waals surface area contributed by atoms with Gasteiger partial charge in [-0.15, -0.1) is 0 Å². The summed E-state index contributed by atoms with van der Waals surface area (Å²) in [6.45, 7) is 11.9. The Morgan fingerprint density at radius 1 is 1.29 bits per heavy atom. The van der Waals surface area contributed by atoms with Gasteiger partial charge in [0.05, 0.1) is 19.3 Å². The Morgan fingerprint density at radius 2 is 2.06 bits per heavy atom. The fraction of sp³-hybridized carbons (Fsp3) is 0.600. The number of rotatable bonds is 8. The molecule has 0 aliphatic carbocycles. The largest absolute Gasteiger partial charge is 0.469 e. The lowest BCUT2D eigenvalue weighted by molar-refractivity contribution is -0.146. The molecule has 1 amide bonds. The second kappa shape index (κ2) is 11.0. The molecule has 0 radical (unpaired) electrons. The number of hydrogen-bond acceptors (Lipinski definition) is 8. The van der Waals surface area contributed by atoms with E-state index in [1.807, 2.05) is 25.7 Å². The number of carbonyl (C=O) groups is 2. The van der Waals surface area contributed by atoms with Gasteiger partial charge < -0.3 is 24.1 Å². The van der Waals surface area contributed by atoms with Crippen LogP contribution in [0.25, 0.3) is 0 Å². The molecule has 9 heteroatoms. The number of esters is 1. The fourth-order valence-electron chi connectivity index (χ4n) is 3.97. The summed E-state index contributed by atoms with van der Waals surface area (Å²) in [7, 11) is 1.39. The maximum Gasteiger partial charge on any atom is 0.310 e. The minimum absolute atomic E-state index is 0.146. The lowest BCUT2D eigenvalue weighted by Gasteiger charge is -2.38. The van der Waals surface area contributed by atoms with Crippen LogP contribution in [0.4, 0.5) is 0 Å². The van der Waals surface area contributed by atoms with Crippen molar-refractivity contribution in [2.45, 2.75) is 59.1 Å². The number of piperidine rings is 1. The molecule has 186 valence electrons. The molecule has 2 aromatic rings. The number of amides is 1. The van der Waals surface area contributed by atoms with Crippen LogP contribution in [0, 0.1) is 11.8 Å². The third-order valence-corrected chi connectivity index (χ3v) is 5.71. The van der Waals surface area contributed by atoms with Crippen molar-refractivity contribution >= 4 is 11.9 Å². The Morgan fingerprint density at radius 3 is 2.68 bits per heavy atom. The summed E-state index contributed by atoms with van der Waals surface area (Å²) >= 11 is 0. The Balaban J connectivity index is 1.93. The van der Waals surface area contributed by atoms with Crippen LogP contribution in [0.15, 0.2) is 29.0 Å². The smallest absolute Gasteiger partial charge is 0.310 e. The molecule has 1 saturated heterocycles. The highest BCUT2D eigenvalue weighted by molar-refractivity contribution is 5.96. The predicted molar refractivity (Wildman–Crippen MR) is 126 cm³/mol. The van der Waals surface area contributed by atoms with Crippen LogP contribution in [0.1, 0.15) is 63.0 Å². The van der Waals surface area contributed by atoms with E-state index >= 15 is 0 Å². The fourth-order valence-corrected chi connectivity index (χ4v) is 3.97. The van der Waals surface area contributed by atoms with Crippen LogP contribution in [0.3, 0.4) is 0 Å². The van der Waals surface area contributed by atoms with E-state index in [1.54, 1.807) is 24.6 Å². The maximum atomic E-state index is 13.9. The van der Waals surface area contributed by atoms with Gasteiger partial charge in [0.25, 0.3) is 5.91 Å². The molecule has 0 aromatic carbocycles. The first-order valence-electron chi connectivity index (χ1n) is 11.7. The quantitative estimate of drug-likeness (QED) is 0.584. The highest BCUT2D eigenvalue weighted by Crippen LogP contribution is 2.27. The lowest BCUT2D eigenvalue weighted by Crippen LogP contribution is -2.53. The summed E-state index contributed by atoms with van der Waals surface area (Å²) in [6, 6.07) is 3.41. The summed E-state index contributed by atoms with van der Waals surface area (Å²) in [4.78, 5) is 36.9. The Kier molecular flexibility index (Phi) is 8.30. The van der Waals surface area contributed by atoms with Crippen molar-refractivity contribution in [3.05, 3.63) is 41.7 Å². The summed E-state index contributed by atoms with van der Waals surface area (Å²) in [5.41, 5.74) is -0.0244. The van der Waals surface area contributed by atoms with Gasteiger partial charge in [-0.2, -0.15) is 4.98 Å². The SMILES string of the molecule is COC(=O)[C@H]1CNC[C@@H](N(CC(C)C)C(=O)c2cnc(C(C)(C)C)nc2OCc2ccco2)C1. The average molecular weight is 473 g/mol. The number of aromatic nitrogens is 2. The number of nitrogens with zero attached hydrogens (tertiary/aromatic N) is 3. The van der Waals surface area contributed by atoms with Gasteiger partial charge in [0.2, 0.25) is 5.88 Å². The molecule has 9 nitrogen and oxygen atoms in total. The van der Waals surface area contributed by atoms with Crippen molar-refractivity contribution < 1.29 is 23.5 Å². The number of ether oxygens (including phenoxy) is 2. The van der Waals surface area contributed by atoms with Gasteiger partial charge >= 0.3 is 5.97 Å². The minimum Gasteiger partial charge on any atom is -0.469 e. The molecule has 1 N–H and O–H groups in total. The second-order valence-corrected chi connectivity index (χ2v) is 10.1. The number of furan rings is 1. The molecule has 0 unspecified atom stereocenters. The Labute approximate surface area is 201 Å². The van der Waals surface area contributed by atoms with Crippen LogP contribution in [0.5, 0.6) is 5.88 Å². The zero-order chi connectivity index (χ0) is 24.9. The minimum atomic E-state index is -0.316. The highest BCUT2D eigenvalue weighted by Gasteiger charge is 2.35. The number of carbonyl (C=O) groups excluding carboxylic acids is 2. The van der Waals surface area contributed by atoms with E-state index in [2.05, 4.69) is 29.1 Å². The van der Waals surface area contributed by atoms with Crippen molar-refractivity contribution in [2.75, 3.05) is 26.7 Å². The number of nitrogens with one attached hydrogen (secondary N) is 1. The summed E-state index contributed by atoms with van der Waals surface area (Å²) < 4.78 is 16.3. The zero-order valence-electron chi connectivity index (χ0n) is 21.0. The molecule has 0 saturated carbocycles. The molecule has 0 spiro atoms. The first-order chi connectivity index (χ1) is 16.1. The van der Waals surface area contributed by atoms with E-state index in [9.17, 15) is 9.59 Å². The molecular formula is C25H36N4O5. The second-order valence-electron chi connectivity index (χ2n) is 10.1. The zero-order valence-corrected chi connectivity index (χ0v) is 21.0. The third-order valence-electron chi connectivity index (χ3n) is 5.71. The number of hydrogen-bond donors (Lipinski definition) is 1. The van der Waals surface area contributed by atoms with E-state index < -0.39 is 0 Å². The van der Waals surface area contributed by atoms with E-state index in [1.165, 1.54) is 7.11 Å². The van der Waals surface area contributed by atoms with Crippen LogP contribution in [0.2, 0.25) is 0 Å². The van der Waals surface area contributed by atoms with Gasteiger partial charge in [0, 0.05) is 37.3 Å². The van der Waals surface area contributed by atoms with Gasteiger partial charge in [-0.25, -0.2) is 4.98 Å².